The van der Waals surface area contributed by atoms with Crippen molar-refractivity contribution >= 4 is 28.9 Å². The van der Waals surface area contributed by atoms with Crippen LogP contribution in [0.25, 0.3) is 0 Å². The van der Waals surface area contributed by atoms with Gasteiger partial charge in [-0.05, 0) is 18.6 Å². The largest absolute Gasteiger partial charge is 0.397 e. The van der Waals surface area contributed by atoms with E-state index in [9.17, 15) is 4.79 Å². The lowest BCUT2D eigenvalue weighted by Gasteiger charge is -2.37. The molecular formula is C14H20ClN3O. The van der Waals surface area contributed by atoms with Gasteiger partial charge in [-0.2, -0.15) is 0 Å². The van der Waals surface area contributed by atoms with E-state index in [-0.39, 0.29) is 5.91 Å². The third-order valence-electron chi connectivity index (χ3n) is 3.43. The van der Waals surface area contributed by atoms with Crippen LogP contribution in [0.5, 0.6) is 0 Å². The number of hydrogen-bond acceptors (Lipinski definition) is 3. The molecule has 1 aromatic carbocycles. The van der Waals surface area contributed by atoms with Gasteiger partial charge in [-0.3, -0.25) is 4.79 Å². The summed E-state index contributed by atoms with van der Waals surface area (Å²) in [5.41, 5.74) is 7.58. The molecule has 1 aliphatic heterocycles. The van der Waals surface area contributed by atoms with E-state index >= 15 is 0 Å². The summed E-state index contributed by atoms with van der Waals surface area (Å²) < 4.78 is 0. The van der Waals surface area contributed by atoms with Gasteiger partial charge >= 0.3 is 0 Å². The summed E-state index contributed by atoms with van der Waals surface area (Å²) in [5, 5.41) is 0.674. The highest BCUT2D eigenvalue weighted by Gasteiger charge is 2.22. The van der Waals surface area contributed by atoms with Crippen molar-refractivity contribution in [2.45, 2.75) is 19.8 Å². The highest BCUT2D eigenvalue weighted by molar-refractivity contribution is 6.34. The van der Waals surface area contributed by atoms with Gasteiger partial charge in [0.25, 0.3) is 0 Å². The molecule has 0 spiro atoms. The van der Waals surface area contributed by atoms with Crippen molar-refractivity contribution in [3.8, 4) is 0 Å². The predicted molar refractivity (Wildman–Crippen MR) is 79.6 cm³/mol. The summed E-state index contributed by atoms with van der Waals surface area (Å²) in [6, 6.07) is 5.56. The zero-order valence-corrected chi connectivity index (χ0v) is 12.0. The number of carbonyl (C=O) groups is 1. The van der Waals surface area contributed by atoms with Gasteiger partial charge in [-0.25, -0.2) is 0 Å². The number of halogens is 1. The average Bonchev–Trinajstić information content (AvgIpc) is 2.39. The molecule has 2 N–H and O–H groups in total. The Kier molecular flexibility index (Phi) is 4.53. The van der Waals surface area contributed by atoms with E-state index in [1.54, 1.807) is 0 Å². The van der Waals surface area contributed by atoms with Crippen LogP contribution in [0.1, 0.15) is 19.8 Å². The van der Waals surface area contributed by atoms with Gasteiger partial charge < -0.3 is 15.5 Å². The fourth-order valence-electron chi connectivity index (χ4n) is 2.42. The van der Waals surface area contributed by atoms with Crippen LogP contribution in [0.3, 0.4) is 0 Å². The molecule has 1 amide bonds. The molecule has 0 bridgehead atoms. The van der Waals surface area contributed by atoms with Crippen molar-refractivity contribution < 1.29 is 4.79 Å². The van der Waals surface area contributed by atoms with Crippen molar-refractivity contribution in [1.82, 2.24) is 4.90 Å². The second kappa shape index (κ2) is 6.15. The van der Waals surface area contributed by atoms with Crippen molar-refractivity contribution in [3.63, 3.8) is 0 Å². The monoisotopic (exact) mass is 281 g/mol. The maximum absolute atomic E-state index is 11.8. The van der Waals surface area contributed by atoms with Gasteiger partial charge in [0, 0.05) is 32.6 Å². The van der Waals surface area contributed by atoms with Gasteiger partial charge in [0.15, 0.2) is 0 Å². The molecule has 0 saturated carbocycles. The topological polar surface area (TPSA) is 49.6 Å². The van der Waals surface area contributed by atoms with E-state index in [0.717, 1.165) is 38.3 Å². The molecule has 0 radical (unpaired) electrons. The maximum atomic E-state index is 11.8. The minimum Gasteiger partial charge on any atom is -0.397 e. The first-order valence-electron chi connectivity index (χ1n) is 6.70. The minimum absolute atomic E-state index is 0.245. The zero-order valence-electron chi connectivity index (χ0n) is 11.2. The van der Waals surface area contributed by atoms with Crippen molar-refractivity contribution in [3.05, 3.63) is 23.2 Å². The van der Waals surface area contributed by atoms with Crippen LogP contribution in [-0.4, -0.2) is 37.0 Å². The summed E-state index contributed by atoms with van der Waals surface area (Å²) >= 11 is 6.21. The van der Waals surface area contributed by atoms with Crippen LogP contribution in [0.15, 0.2) is 18.2 Å². The Bertz CT molecular complexity index is 436. The molecule has 0 atom stereocenters. The quantitative estimate of drug-likeness (QED) is 0.866. The van der Waals surface area contributed by atoms with Crippen LogP contribution in [0, 0.1) is 0 Å². The lowest BCUT2D eigenvalue weighted by atomic mass is 10.2. The molecule has 0 unspecified atom stereocenters. The van der Waals surface area contributed by atoms with Crippen molar-refractivity contribution in [1.29, 1.82) is 0 Å². The predicted octanol–water partition coefficient (Wildman–Crippen LogP) is 2.37. The summed E-state index contributed by atoms with van der Waals surface area (Å²) in [6.45, 7) is 5.07. The van der Waals surface area contributed by atoms with Gasteiger partial charge in [0.05, 0.1) is 16.4 Å². The molecule has 2 rings (SSSR count). The van der Waals surface area contributed by atoms with Crippen molar-refractivity contribution in [2.75, 3.05) is 36.8 Å². The molecular weight excluding hydrogens is 262 g/mol. The summed E-state index contributed by atoms with van der Waals surface area (Å²) in [6.07, 6.45) is 1.53. The Morgan fingerprint density at radius 2 is 2.00 bits per heavy atom. The lowest BCUT2D eigenvalue weighted by Crippen LogP contribution is -2.49. The SMILES string of the molecule is CCCC(=O)N1CCN(c2c(N)cccc2Cl)CC1. The maximum Gasteiger partial charge on any atom is 0.222 e. The third kappa shape index (κ3) is 3.13. The van der Waals surface area contributed by atoms with Crippen molar-refractivity contribution in [2.24, 2.45) is 0 Å². The van der Waals surface area contributed by atoms with E-state index in [0.29, 0.717) is 17.1 Å². The molecule has 5 heteroatoms. The van der Waals surface area contributed by atoms with Gasteiger partial charge in [-0.15, -0.1) is 0 Å². The molecule has 104 valence electrons. The van der Waals surface area contributed by atoms with Gasteiger partial charge in [-0.1, -0.05) is 24.6 Å². The van der Waals surface area contributed by atoms with Gasteiger partial charge in [0.2, 0.25) is 5.91 Å². The molecule has 1 aromatic rings. The number of para-hydroxylation sites is 1. The fraction of sp³-hybridized carbons (Fsp3) is 0.500. The molecule has 1 aliphatic rings. The summed E-state index contributed by atoms with van der Waals surface area (Å²) in [7, 11) is 0. The standard InChI is InChI=1S/C14H20ClN3O/c1-2-4-13(19)17-7-9-18(10-8-17)14-11(15)5-3-6-12(14)16/h3,5-6H,2,4,7-10,16H2,1H3. The Labute approximate surface area is 119 Å². The number of nitrogens with zero attached hydrogens (tertiary/aromatic N) is 2. The second-order valence-electron chi connectivity index (χ2n) is 4.80. The third-order valence-corrected chi connectivity index (χ3v) is 3.74. The van der Waals surface area contributed by atoms with Crippen LogP contribution in [0.2, 0.25) is 5.02 Å². The molecule has 0 aliphatic carbocycles. The molecule has 0 aromatic heterocycles. The number of rotatable bonds is 3. The first kappa shape index (κ1) is 14.0. The molecule has 1 fully saturated rings. The fourth-order valence-corrected chi connectivity index (χ4v) is 2.72. The van der Waals surface area contributed by atoms with Gasteiger partial charge in [0.1, 0.15) is 0 Å². The molecule has 4 nitrogen and oxygen atoms in total. The number of amides is 1. The first-order chi connectivity index (χ1) is 9.13. The number of benzene rings is 1. The number of hydrogen-bond donors (Lipinski definition) is 1. The van der Waals surface area contributed by atoms with Crippen LogP contribution in [-0.2, 0) is 4.79 Å². The Balaban J connectivity index is 2.02. The summed E-state index contributed by atoms with van der Waals surface area (Å²) in [4.78, 5) is 15.9. The van der Waals surface area contributed by atoms with E-state index in [1.807, 2.05) is 30.0 Å². The second-order valence-corrected chi connectivity index (χ2v) is 5.20. The number of anilines is 2. The normalized spacial score (nSPS) is 15.7. The lowest BCUT2D eigenvalue weighted by molar-refractivity contribution is -0.131. The molecule has 1 saturated heterocycles. The number of piperazine rings is 1. The zero-order chi connectivity index (χ0) is 13.8. The van der Waals surface area contributed by atoms with E-state index < -0.39 is 0 Å². The number of nitrogens with two attached hydrogens (primary N) is 1. The molecule has 1 heterocycles. The first-order valence-corrected chi connectivity index (χ1v) is 7.08. The van der Waals surface area contributed by atoms with E-state index in [2.05, 4.69) is 4.90 Å². The summed E-state index contributed by atoms with van der Waals surface area (Å²) in [5.74, 6) is 0.245. The highest BCUT2D eigenvalue weighted by atomic mass is 35.5. The molecule has 19 heavy (non-hydrogen) atoms. The average molecular weight is 282 g/mol. The van der Waals surface area contributed by atoms with Crippen LogP contribution in [0.4, 0.5) is 11.4 Å². The Hall–Kier alpha value is -1.42. The van der Waals surface area contributed by atoms with Crippen LogP contribution < -0.4 is 10.6 Å². The smallest absolute Gasteiger partial charge is 0.222 e. The Morgan fingerprint density at radius 1 is 1.32 bits per heavy atom. The van der Waals surface area contributed by atoms with E-state index in [4.69, 9.17) is 17.3 Å². The Morgan fingerprint density at radius 3 is 2.58 bits per heavy atom. The number of nitrogen functional groups attached to an aromatic ring is 1. The number of carbonyl (C=O) groups excluding carboxylic acids is 1. The van der Waals surface area contributed by atoms with E-state index in [1.165, 1.54) is 0 Å². The highest BCUT2D eigenvalue weighted by Crippen LogP contribution is 2.32. The minimum atomic E-state index is 0.245. The van der Waals surface area contributed by atoms with Crippen LogP contribution >= 0.6 is 11.6 Å².